The minimum absolute atomic E-state index is 0.109. The lowest BCUT2D eigenvalue weighted by atomic mass is 9.94. The SMILES string of the molecule is C[C@@H]1CN(S(=O)(=O)c2cccc(C(=O)N(C)C3CCCCC3)c2)C[C@H](C)O1. The van der Waals surface area contributed by atoms with Crippen LogP contribution in [0.1, 0.15) is 56.3 Å². The fourth-order valence-electron chi connectivity index (χ4n) is 4.10. The predicted octanol–water partition coefficient (Wildman–Crippen LogP) is 2.89. The monoisotopic (exact) mass is 394 g/mol. The van der Waals surface area contributed by atoms with E-state index in [1.54, 1.807) is 23.1 Å². The molecule has 1 saturated carbocycles. The first kappa shape index (κ1) is 20.3. The van der Waals surface area contributed by atoms with Gasteiger partial charge in [-0.3, -0.25) is 4.79 Å². The van der Waals surface area contributed by atoms with E-state index in [9.17, 15) is 13.2 Å². The van der Waals surface area contributed by atoms with Crippen LogP contribution in [0, 0.1) is 0 Å². The molecule has 3 rings (SSSR count). The highest BCUT2D eigenvalue weighted by molar-refractivity contribution is 7.89. The molecule has 2 aliphatic rings. The average molecular weight is 395 g/mol. The van der Waals surface area contributed by atoms with Gasteiger partial charge in [-0.2, -0.15) is 4.31 Å². The van der Waals surface area contributed by atoms with Crippen LogP contribution in [-0.4, -0.2) is 61.9 Å². The summed E-state index contributed by atoms with van der Waals surface area (Å²) in [6.07, 6.45) is 5.25. The lowest BCUT2D eigenvalue weighted by Crippen LogP contribution is -2.48. The molecule has 2 fully saturated rings. The van der Waals surface area contributed by atoms with Crippen LogP contribution in [0.4, 0.5) is 0 Å². The molecule has 1 aliphatic carbocycles. The molecule has 150 valence electrons. The molecular formula is C20H30N2O4S. The van der Waals surface area contributed by atoms with E-state index in [0.29, 0.717) is 18.7 Å². The second kappa shape index (κ2) is 8.29. The highest BCUT2D eigenvalue weighted by Crippen LogP contribution is 2.25. The lowest BCUT2D eigenvalue weighted by molar-refractivity contribution is -0.0440. The Balaban J connectivity index is 1.81. The van der Waals surface area contributed by atoms with E-state index < -0.39 is 10.0 Å². The molecule has 1 aromatic rings. The molecule has 0 bridgehead atoms. The molecule has 1 saturated heterocycles. The summed E-state index contributed by atoms with van der Waals surface area (Å²) < 4.78 is 33.2. The zero-order valence-electron chi connectivity index (χ0n) is 16.4. The van der Waals surface area contributed by atoms with E-state index in [0.717, 1.165) is 25.7 Å². The second-order valence-corrected chi connectivity index (χ2v) is 9.75. The minimum Gasteiger partial charge on any atom is -0.373 e. The van der Waals surface area contributed by atoms with Gasteiger partial charge < -0.3 is 9.64 Å². The van der Waals surface area contributed by atoms with Gasteiger partial charge in [0, 0.05) is 31.7 Å². The van der Waals surface area contributed by atoms with E-state index in [1.165, 1.54) is 16.8 Å². The summed E-state index contributed by atoms with van der Waals surface area (Å²) in [4.78, 5) is 14.9. The molecule has 1 aromatic carbocycles. The predicted molar refractivity (Wildman–Crippen MR) is 104 cm³/mol. The van der Waals surface area contributed by atoms with Gasteiger partial charge in [0.05, 0.1) is 17.1 Å². The molecule has 1 aliphatic heterocycles. The first-order chi connectivity index (χ1) is 12.8. The number of ether oxygens (including phenoxy) is 1. The maximum Gasteiger partial charge on any atom is 0.253 e. The zero-order valence-corrected chi connectivity index (χ0v) is 17.2. The van der Waals surface area contributed by atoms with E-state index in [4.69, 9.17) is 4.74 Å². The Morgan fingerprint density at radius 2 is 1.74 bits per heavy atom. The second-order valence-electron chi connectivity index (χ2n) is 7.82. The van der Waals surface area contributed by atoms with Gasteiger partial charge in [0.2, 0.25) is 10.0 Å². The summed E-state index contributed by atoms with van der Waals surface area (Å²) in [7, 11) is -1.83. The fourth-order valence-corrected chi connectivity index (χ4v) is 5.74. The Morgan fingerprint density at radius 3 is 2.37 bits per heavy atom. The maximum atomic E-state index is 13.1. The first-order valence-corrected chi connectivity index (χ1v) is 11.3. The quantitative estimate of drug-likeness (QED) is 0.788. The number of carbonyl (C=O) groups excluding carboxylic acids is 1. The van der Waals surface area contributed by atoms with Gasteiger partial charge in [0.25, 0.3) is 5.91 Å². The normalized spacial score (nSPS) is 25.3. The fraction of sp³-hybridized carbons (Fsp3) is 0.650. The lowest BCUT2D eigenvalue weighted by Gasteiger charge is -2.34. The number of rotatable bonds is 4. The van der Waals surface area contributed by atoms with Gasteiger partial charge in [0.15, 0.2) is 0 Å². The van der Waals surface area contributed by atoms with Crippen LogP contribution < -0.4 is 0 Å². The number of sulfonamides is 1. The highest BCUT2D eigenvalue weighted by Gasteiger charge is 2.33. The molecule has 0 N–H and O–H groups in total. The van der Waals surface area contributed by atoms with Crippen molar-refractivity contribution in [3.63, 3.8) is 0 Å². The number of hydrogen-bond acceptors (Lipinski definition) is 4. The molecule has 0 radical (unpaired) electrons. The van der Waals surface area contributed by atoms with Gasteiger partial charge in [-0.1, -0.05) is 25.3 Å². The van der Waals surface area contributed by atoms with Crippen molar-refractivity contribution in [2.75, 3.05) is 20.1 Å². The smallest absolute Gasteiger partial charge is 0.253 e. The highest BCUT2D eigenvalue weighted by atomic mass is 32.2. The van der Waals surface area contributed by atoms with Crippen molar-refractivity contribution in [3.05, 3.63) is 29.8 Å². The number of carbonyl (C=O) groups is 1. The van der Waals surface area contributed by atoms with Crippen molar-refractivity contribution in [3.8, 4) is 0 Å². The van der Waals surface area contributed by atoms with Crippen molar-refractivity contribution >= 4 is 15.9 Å². The maximum absolute atomic E-state index is 13.1. The molecule has 7 heteroatoms. The molecule has 1 heterocycles. The van der Waals surface area contributed by atoms with Crippen molar-refractivity contribution in [2.45, 2.75) is 69.1 Å². The van der Waals surface area contributed by atoms with Gasteiger partial charge in [-0.05, 0) is 44.9 Å². The van der Waals surface area contributed by atoms with E-state index in [2.05, 4.69) is 0 Å². The van der Waals surface area contributed by atoms with Crippen LogP contribution >= 0.6 is 0 Å². The topological polar surface area (TPSA) is 66.9 Å². The van der Waals surface area contributed by atoms with Crippen molar-refractivity contribution in [1.29, 1.82) is 0 Å². The van der Waals surface area contributed by atoms with Crippen LogP contribution in [0.2, 0.25) is 0 Å². The third kappa shape index (κ3) is 4.52. The Hall–Kier alpha value is -1.44. The molecule has 1 amide bonds. The minimum atomic E-state index is -3.65. The van der Waals surface area contributed by atoms with Crippen LogP contribution in [0.25, 0.3) is 0 Å². The van der Waals surface area contributed by atoms with Crippen molar-refractivity contribution in [1.82, 2.24) is 9.21 Å². The molecule has 0 spiro atoms. The summed E-state index contributed by atoms with van der Waals surface area (Å²) in [6, 6.07) is 6.68. The molecule has 6 nitrogen and oxygen atoms in total. The van der Waals surface area contributed by atoms with Crippen LogP contribution in [0.15, 0.2) is 29.2 Å². The zero-order chi connectivity index (χ0) is 19.6. The third-order valence-electron chi connectivity index (χ3n) is 5.55. The summed E-state index contributed by atoms with van der Waals surface area (Å²) in [5.74, 6) is -0.109. The Labute approximate surface area is 162 Å². The molecule has 0 aromatic heterocycles. The molecule has 2 atom stereocenters. The number of hydrogen-bond donors (Lipinski definition) is 0. The first-order valence-electron chi connectivity index (χ1n) is 9.82. The van der Waals surface area contributed by atoms with Crippen LogP contribution in [0.3, 0.4) is 0 Å². The standard InChI is InChI=1S/C20H30N2O4S/c1-15-13-22(14-16(2)26-15)27(24,25)19-11-7-8-17(12-19)20(23)21(3)18-9-5-4-6-10-18/h7-8,11-12,15-16,18H,4-6,9-10,13-14H2,1-3H3/t15-,16+. The summed E-state index contributed by atoms with van der Waals surface area (Å²) in [6.45, 7) is 4.40. The molecular weight excluding hydrogens is 364 g/mol. The number of nitrogens with zero attached hydrogens (tertiary/aromatic N) is 2. The summed E-state index contributed by atoms with van der Waals surface area (Å²) in [5.41, 5.74) is 0.429. The Kier molecular flexibility index (Phi) is 6.23. The third-order valence-corrected chi connectivity index (χ3v) is 7.38. The molecule has 27 heavy (non-hydrogen) atoms. The Morgan fingerprint density at radius 1 is 1.11 bits per heavy atom. The van der Waals surface area contributed by atoms with Gasteiger partial charge in [-0.15, -0.1) is 0 Å². The number of amides is 1. The Bertz CT molecular complexity index is 764. The van der Waals surface area contributed by atoms with Gasteiger partial charge in [-0.25, -0.2) is 8.42 Å². The summed E-state index contributed by atoms with van der Waals surface area (Å²) >= 11 is 0. The molecule has 0 unspecified atom stereocenters. The number of morpholine rings is 1. The van der Waals surface area contributed by atoms with Gasteiger partial charge in [0.1, 0.15) is 0 Å². The average Bonchev–Trinajstić information content (AvgIpc) is 2.67. The van der Waals surface area contributed by atoms with E-state index in [-0.39, 0.29) is 29.1 Å². The van der Waals surface area contributed by atoms with Crippen molar-refractivity contribution in [2.24, 2.45) is 0 Å². The van der Waals surface area contributed by atoms with E-state index in [1.807, 2.05) is 20.9 Å². The van der Waals surface area contributed by atoms with Crippen LogP contribution in [0.5, 0.6) is 0 Å². The van der Waals surface area contributed by atoms with Gasteiger partial charge >= 0.3 is 0 Å². The van der Waals surface area contributed by atoms with E-state index >= 15 is 0 Å². The largest absolute Gasteiger partial charge is 0.373 e. The van der Waals surface area contributed by atoms with Crippen molar-refractivity contribution < 1.29 is 17.9 Å². The number of benzene rings is 1. The van der Waals surface area contributed by atoms with Crippen LogP contribution in [-0.2, 0) is 14.8 Å². The summed E-state index contributed by atoms with van der Waals surface area (Å²) in [5, 5.41) is 0.